The summed E-state index contributed by atoms with van der Waals surface area (Å²) in [6.07, 6.45) is 1.03. The van der Waals surface area contributed by atoms with Crippen LogP contribution in [0.15, 0.2) is 40.9 Å². The fraction of sp³-hybridized carbons (Fsp3) is 0.267. The maximum absolute atomic E-state index is 6.08. The summed E-state index contributed by atoms with van der Waals surface area (Å²) in [5.74, 6) is 0. The number of benzene rings is 1. The third-order valence-corrected chi connectivity index (χ3v) is 4.54. The number of aromatic nitrogens is 1. The lowest BCUT2D eigenvalue weighted by Crippen LogP contribution is -2.30. The van der Waals surface area contributed by atoms with Gasteiger partial charge >= 0.3 is 0 Å². The summed E-state index contributed by atoms with van der Waals surface area (Å²) in [5, 5.41) is 0.556. The van der Waals surface area contributed by atoms with Crippen molar-refractivity contribution >= 4 is 27.5 Å². The molecule has 2 heterocycles. The van der Waals surface area contributed by atoms with Crippen molar-refractivity contribution in [1.29, 1.82) is 0 Å². The molecule has 1 aliphatic heterocycles. The summed E-state index contributed by atoms with van der Waals surface area (Å²) in [6, 6.07) is 12.6. The summed E-state index contributed by atoms with van der Waals surface area (Å²) in [4.78, 5) is 6.89. The van der Waals surface area contributed by atoms with E-state index in [2.05, 4.69) is 56.1 Å². The molecule has 0 spiro atoms. The highest BCUT2D eigenvalue weighted by molar-refractivity contribution is 9.10. The van der Waals surface area contributed by atoms with Gasteiger partial charge in [-0.05, 0) is 39.5 Å². The molecule has 0 amide bonds. The van der Waals surface area contributed by atoms with E-state index in [4.69, 9.17) is 11.6 Å². The number of fused-ring (bicyclic) bond motifs is 1. The lowest BCUT2D eigenvalue weighted by Gasteiger charge is -2.28. The third kappa shape index (κ3) is 2.99. The number of rotatable bonds is 2. The van der Waals surface area contributed by atoms with Crippen molar-refractivity contribution in [1.82, 2.24) is 9.88 Å². The van der Waals surface area contributed by atoms with Crippen molar-refractivity contribution in [3.63, 3.8) is 0 Å². The van der Waals surface area contributed by atoms with Crippen molar-refractivity contribution in [2.45, 2.75) is 19.5 Å². The quantitative estimate of drug-likeness (QED) is 0.768. The Hall–Kier alpha value is -0.900. The maximum atomic E-state index is 6.08. The molecule has 4 heteroatoms. The first-order valence-corrected chi connectivity index (χ1v) is 7.49. The Morgan fingerprint density at radius 1 is 1.26 bits per heavy atom. The molecule has 0 N–H and O–H groups in total. The standard InChI is InChI=1S/C15H14BrClN2/c16-13-8-12-6-7-19(10-14(12)18-15(13)17)9-11-4-2-1-3-5-11/h1-5,8H,6-7,9-10H2. The summed E-state index contributed by atoms with van der Waals surface area (Å²) >= 11 is 9.51. The van der Waals surface area contributed by atoms with Crippen LogP contribution in [0.1, 0.15) is 16.8 Å². The van der Waals surface area contributed by atoms with E-state index in [-0.39, 0.29) is 0 Å². The Balaban J connectivity index is 1.77. The molecule has 1 aromatic heterocycles. The highest BCUT2D eigenvalue weighted by Gasteiger charge is 2.19. The van der Waals surface area contributed by atoms with Crippen LogP contribution in [0.4, 0.5) is 0 Å². The zero-order chi connectivity index (χ0) is 13.2. The number of hydrogen-bond donors (Lipinski definition) is 0. The van der Waals surface area contributed by atoms with Crippen molar-refractivity contribution in [3.05, 3.63) is 62.8 Å². The monoisotopic (exact) mass is 336 g/mol. The van der Waals surface area contributed by atoms with Crippen LogP contribution in [0, 0.1) is 0 Å². The van der Waals surface area contributed by atoms with Crippen LogP contribution in [0.3, 0.4) is 0 Å². The van der Waals surface area contributed by atoms with Gasteiger partial charge in [0.2, 0.25) is 0 Å². The fourth-order valence-electron chi connectivity index (χ4n) is 2.44. The Labute approximate surface area is 126 Å². The number of pyridine rings is 1. The molecule has 0 aliphatic carbocycles. The lowest BCUT2D eigenvalue weighted by atomic mass is 10.0. The lowest BCUT2D eigenvalue weighted by molar-refractivity contribution is 0.241. The third-order valence-electron chi connectivity index (χ3n) is 3.42. The number of hydrogen-bond acceptors (Lipinski definition) is 2. The molecule has 0 saturated heterocycles. The van der Waals surface area contributed by atoms with Gasteiger partial charge in [-0.15, -0.1) is 0 Å². The van der Waals surface area contributed by atoms with E-state index in [1.165, 1.54) is 11.1 Å². The Morgan fingerprint density at radius 3 is 2.84 bits per heavy atom. The average molecular weight is 338 g/mol. The minimum absolute atomic E-state index is 0.556. The molecule has 2 aromatic rings. The first kappa shape index (κ1) is 13.1. The van der Waals surface area contributed by atoms with E-state index in [0.29, 0.717) is 5.15 Å². The van der Waals surface area contributed by atoms with Gasteiger partial charge in [0, 0.05) is 19.6 Å². The van der Waals surface area contributed by atoms with E-state index < -0.39 is 0 Å². The fourth-order valence-corrected chi connectivity index (χ4v) is 2.96. The van der Waals surface area contributed by atoms with Gasteiger partial charge in [0.15, 0.2) is 0 Å². The zero-order valence-electron chi connectivity index (χ0n) is 10.4. The molecule has 3 rings (SSSR count). The smallest absolute Gasteiger partial charge is 0.143 e. The van der Waals surface area contributed by atoms with Crippen LogP contribution in [0.25, 0.3) is 0 Å². The van der Waals surface area contributed by atoms with Gasteiger partial charge in [-0.25, -0.2) is 4.98 Å². The summed E-state index contributed by atoms with van der Waals surface area (Å²) in [5.41, 5.74) is 3.75. The Bertz CT molecular complexity index is 586. The molecule has 0 bridgehead atoms. The second-order valence-corrected chi connectivity index (χ2v) is 6.03. The van der Waals surface area contributed by atoms with Gasteiger partial charge in [0.25, 0.3) is 0 Å². The van der Waals surface area contributed by atoms with Gasteiger partial charge in [0.1, 0.15) is 5.15 Å². The molecular weight excluding hydrogens is 324 g/mol. The van der Waals surface area contributed by atoms with Gasteiger partial charge < -0.3 is 0 Å². The van der Waals surface area contributed by atoms with E-state index in [1.807, 2.05) is 6.07 Å². The van der Waals surface area contributed by atoms with Gasteiger partial charge in [-0.2, -0.15) is 0 Å². The van der Waals surface area contributed by atoms with Crippen molar-refractivity contribution in [2.24, 2.45) is 0 Å². The number of nitrogens with zero attached hydrogens (tertiary/aromatic N) is 2. The van der Waals surface area contributed by atoms with Crippen LogP contribution in [-0.2, 0) is 19.5 Å². The molecule has 0 fully saturated rings. The highest BCUT2D eigenvalue weighted by atomic mass is 79.9. The van der Waals surface area contributed by atoms with Crippen LogP contribution >= 0.6 is 27.5 Å². The molecule has 0 atom stereocenters. The minimum Gasteiger partial charge on any atom is -0.293 e. The summed E-state index contributed by atoms with van der Waals surface area (Å²) in [7, 11) is 0. The van der Waals surface area contributed by atoms with E-state index in [1.54, 1.807) is 0 Å². The SMILES string of the molecule is Clc1nc2c(cc1Br)CCN(Cc1ccccc1)C2. The summed E-state index contributed by atoms with van der Waals surface area (Å²) in [6.45, 7) is 2.91. The summed E-state index contributed by atoms with van der Waals surface area (Å²) < 4.78 is 0.893. The first-order chi connectivity index (χ1) is 9.22. The van der Waals surface area contributed by atoms with Gasteiger partial charge in [-0.3, -0.25) is 4.90 Å². The zero-order valence-corrected chi connectivity index (χ0v) is 12.8. The molecule has 0 radical (unpaired) electrons. The predicted octanol–water partition coefficient (Wildman–Crippen LogP) is 4.06. The van der Waals surface area contributed by atoms with Gasteiger partial charge in [0.05, 0.1) is 10.2 Å². The van der Waals surface area contributed by atoms with E-state index in [0.717, 1.165) is 36.2 Å². The normalized spacial score (nSPS) is 15.3. The molecule has 0 unspecified atom stereocenters. The Morgan fingerprint density at radius 2 is 2.05 bits per heavy atom. The molecule has 0 saturated carbocycles. The van der Waals surface area contributed by atoms with Crippen LogP contribution in [-0.4, -0.2) is 16.4 Å². The van der Waals surface area contributed by atoms with E-state index >= 15 is 0 Å². The van der Waals surface area contributed by atoms with Crippen molar-refractivity contribution in [2.75, 3.05) is 6.54 Å². The van der Waals surface area contributed by atoms with Crippen LogP contribution in [0.5, 0.6) is 0 Å². The van der Waals surface area contributed by atoms with Gasteiger partial charge in [-0.1, -0.05) is 41.9 Å². The van der Waals surface area contributed by atoms with Crippen LogP contribution in [0.2, 0.25) is 5.15 Å². The number of halogens is 2. The second-order valence-electron chi connectivity index (χ2n) is 4.81. The largest absolute Gasteiger partial charge is 0.293 e. The minimum atomic E-state index is 0.556. The molecular formula is C15H14BrClN2. The molecule has 2 nitrogen and oxygen atoms in total. The molecule has 1 aliphatic rings. The highest BCUT2D eigenvalue weighted by Crippen LogP contribution is 2.27. The molecule has 98 valence electrons. The van der Waals surface area contributed by atoms with Crippen molar-refractivity contribution < 1.29 is 0 Å². The van der Waals surface area contributed by atoms with Crippen LogP contribution < -0.4 is 0 Å². The molecule has 19 heavy (non-hydrogen) atoms. The maximum Gasteiger partial charge on any atom is 0.143 e. The average Bonchev–Trinajstić information content (AvgIpc) is 2.42. The first-order valence-electron chi connectivity index (χ1n) is 6.32. The van der Waals surface area contributed by atoms with Crippen molar-refractivity contribution in [3.8, 4) is 0 Å². The topological polar surface area (TPSA) is 16.1 Å². The second kappa shape index (κ2) is 5.61. The molecule has 1 aromatic carbocycles. The predicted molar refractivity (Wildman–Crippen MR) is 81.2 cm³/mol. The Kier molecular flexibility index (Phi) is 3.87. The van der Waals surface area contributed by atoms with E-state index in [9.17, 15) is 0 Å².